The molecule has 0 saturated carbocycles. The van der Waals surface area contributed by atoms with Crippen LogP contribution in [0.4, 0.5) is 0 Å². The molecule has 2 fully saturated rings. The molecule has 0 spiro atoms. The van der Waals surface area contributed by atoms with Gasteiger partial charge in [-0.1, -0.05) is 0 Å². The average molecular weight is 457 g/mol. The Bertz CT molecular complexity index is 491. The maximum Gasteiger partial charge on any atom is 0.0649 e. The van der Waals surface area contributed by atoms with E-state index in [4.69, 9.17) is 9.47 Å². The number of likely N-dealkylation sites (tertiary alicyclic amines) is 2. The number of nitrogens with zero attached hydrogens (tertiary/aromatic N) is 2. The van der Waals surface area contributed by atoms with Gasteiger partial charge in [-0.15, -0.1) is 0 Å². The number of rotatable bonds is 14. The topological polar surface area (TPSA) is 65.4 Å². The molecule has 32 heavy (non-hydrogen) atoms. The molecule has 2 heterocycles. The molecule has 0 aromatic carbocycles. The second-order valence-electron chi connectivity index (χ2n) is 11.2. The summed E-state index contributed by atoms with van der Waals surface area (Å²) in [6.07, 6.45) is 7.41. The van der Waals surface area contributed by atoms with Gasteiger partial charge in [0.25, 0.3) is 0 Å². The van der Waals surface area contributed by atoms with E-state index in [-0.39, 0.29) is 0 Å². The van der Waals surface area contributed by atoms with E-state index in [1.54, 1.807) is 0 Å². The maximum absolute atomic E-state index is 11.0. The lowest BCUT2D eigenvalue weighted by Crippen LogP contribution is -2.44. The highest BCUT2D eigenvalue weighted by Gasteiger charge is 2.34. The van der Waals surface area contributed by atoms with E-state index in [0.717, 1.165) is 104 Å². The lowest BCUT2D eigenvalue weighted by atomic mass is 9.79. The summed E-state index contributed by atoms with van der Waals surface area (Å²) in [6.45, 7) is 18.8. The third kappa shape index (κ3) is 10.4. The second-order valence-corrected chi connectivity index (χ2v) is 11.2. The average Bonchev–Trinajstić information content (AvgIpc) is 2.73. The summed E-state index contributed by atoms with van der Waals surface area (Å²) in [7, 11) is 0. The van der Waals surface area contributed by atoms with Crippen molar-refractivity contribution in [2.24, 2.45) is 11.8 Å². The van der Waals surface area contributed by atoms with Crippen LogP contribution in [0, 0.1) is 11.8 Å². The van der Waals surface area contributed by atoms with Gasteiger partial charge in [-0.3, -0.25) is 0 Å². The number of piperidine rings is 2. The molecular weight excluding hydrogens is 404 g/mol. The van der Waals surface area contributed by atoms with Crippen molar-refractivity contribution in [3.8, 4) is 0 Å². The van der Waals surface area contributed by atoms with Crippen LogP contribution in [0.25, 0.3) is 0 Å². The van der Waals surface area contributed by atoms with Gasteiger partial charge in [0.2, 0.25) is 0 Å². The summed E-state index contributed by atoms with van der Waals surface area (Å²) in [4.78, 5) is 4.96. The Morgan fingerprint density at radius 1 is 0.781 bits per heavy atom. The highest BCUT2D eigenvalue weighted by atomic mass is 16.5. The van der Waals surface area contributed by atoms with Gasteiger partial charge in [0.1, 0.15) is 0 Å². The lowest BCUT2D eigenvalue weighted by Gasteiger charge is -2.39. The van der Waals surface area contributed by atoms with Gasteiger partial charge in [0.15, 0.2) is 0 Å². The Hall–Kier alpha value is -0.240. The van der Waals surface area contributed by atoms with E-state index in [1.165, 1.54) is 0 Å². The third-order valence-corrected chi connectivity index (χ3v) is 7.65. The van der Waals surface area contributed by atoms with Crippen LogP contribution in [0.5, 0.6) is 0 Å². The minimum atomic E-state index is -0.589. The number of aliphatic hydroxyl groups is 2. The quantitative estimate of drug-likeness (QED) is 0.390. The van der Waals surface area contributed by atoms with Crippen molar-refractivity contribution < 1.29 is 19.7 Å². The van der Waals surface area contributed by atoms with Crippen molar-refractivity contribution in [2.45, 2.75) is 96.9 Å². The zero-order chi connectivity index (χ0) is 23.6. The number of hydrogen-bond acceptors (Lipinski definition) is 6. The van der Waals surface area contributed by atoms with Crippen LogP contribution in [-0.2, 0) is 9.47 Å². The van der Waals surface area contributed by atoms with Crippen LogP contribution < -0.4 is 0 Å². The summed E-state index contributed by atoms with van der Waals surface area (Å²) < 4.78 is 11.5. The molecule has 2 rings (SSSR count). The van der Waals surface area contributed by atoms with Gasteiger partial charge < -0.3 is 29.5 Å². The highest BCUT2D eigenvalue weighted by Crippen LogP contribution is 2.32. The molecule has 6 nitrogen and oxygen atoms in total. The standard InChI is InChI=1S/C26H52N2O4/c1-22(2)32-21-18-28-16-10-24(11-17-28)26(5,30)12-6-19-31-20-7-13-27-14-8-23(9-15-27)25(3,4)29/h22-24,29-30H,6-21H2,1-5H3. The van der Waals surface area contributed by atoms with E-state index in [0.29, 0.717) is 17.9 Å². The molecule has 0 bridgehead atoms. The number of ether oxygens (including phenoxy) is 2. The molecule has 190 valence electrons. The van der Waals surface area contributed by atoms with Gasteiger partial charge in [0, 0.05) is 26.3 Å². The second kappa shape index (κ2) is 13.6. The molecule has 2 N–H and O–H groups in total. The Balaban J connectivity index is 1.48. The SMILES string of the molecule is CC(C)OCCN1CCC(C(C)(O)CCCOCCCN2CCC(C(C)(C)O)CC2)CC1. The Morgan fingerprint density at radius 2 is 1.31 bits per heavy atom. The van der Waals surface area contributed by atoms with Crippen molar-refractivity contribution in [1.29, 1.82) is 0 Å². The minimum Gasteiger partial charge on any atom is -0.390 e. The van der Waals surface area contributed by atoms with Crippen LogP contribution in [0.2, 0.25) is 0 Å². The third-order valence-electron chi connectivity index (χ3n) is 7.65. The fourth-order valence-corrected chi connectivity index (χ4v) is 5.29. The molecule has 0 aliphatic carbocycles. The zero-order valence-corrected chi connectivity index (χ0v) is 21.7. The molecule has 0 radical (unpaired) electrons. The fourth-order valence-electron chi connectivity index (χ4n) is 5.29. The van der Waals surface area contributed by atoms with E-state index in [9.17, 15) is 10.2 Å². The molecule has 6 heteroatoms. The molecule has 1 unspecified atom stereocenters. The molecule has 2 aliphatic rings. The summed E-state index contributed by atoms with van der Waals surface area (Å²) in [5.74, 6) is 0.811. The minimum absolute atomic E-state index is 0.299. The van der Waals surface area contributed by atoms with Crippen molar-refractivity contribution in [3.05, 3.63) is 0 Å². The Labute approximate surface area is 197 Å². The summed E-state index contributed by atoms with van der Waals surface area (Å²) >= 11 is 0. The summed E-state index contributed by atoms with van der Waals surface area (Å²) in [5, 5.41) is 21.2. The van der Waals surface area contributed by atoms with Gasteiger partial charge in [0.05, 0.1) is 23.9 Å². The normalized spacial score (nSPS) is 22.5. The largest absolute Gasteiger partial charge is 0.390 e. The van der Waals surface area contributed by atoms with Crippen LogP contribution in [0.3, 0.4) is 0 Å². The molecule has 1 atom stereocenters. The first-order valence-electron chi connectivity index (χ1n) is 13.2. The van der Waals surface area contributed by atoms with Crippen molar-refractivity contribution in [1.82, 2.24) is 9.80 Å². The highest BCUT2D eigenvalue weighted by molar-refractivity contribution is 4.86. The Kier molecular flexibility index (Phi) is 11.9. The molecule has 0 amide bonds. The first-order chi connectivity index (χ1) is 15.1. The first-order valence-corrected chi connectivity index (χ1v) is 13.2. The molecule has 2 saturated heterocycles. The lowest BCUT2D eigenvalue weighted by molar-refractivity contribution is -0.0435. The van der Waals surface area contributed by atoms with E-state index in [2.05, 4.69) is 23.6 Å². The summed E-state index contributed by atoms with van der Waals surface area (Å²) in [5.41, 5.74) is -1.13. The molecular formula is C26H52N2O4. The van der Waals surface area contributed by atoms with Gasteiger partial charge in [-0.2, -0.15) is 0 Å². The maximum atomic E-state index is 11.0. The monoisotopic (exact) mass is 456 g/mol. The molecule has 2 aliphatic heterocycles. The zero-order valence-electron chi connectivity index (χ0n) is 21.7. The van der Waals surface area contributed by atoms with Gasteiger partial charge >= 0.3 is 0 Å². The summed E-state index contributed by atoms with van der Waals surface area (Å²) in [6, 6.07) is 0. The van der Waals surface area contributed by atoms with Crippen molar-refractivity contribution in [3.63, 3.8) is 0 Å². The van der Waals surface area contributed by atoms with Crippen molar-refractivity contribution >= 4 is 0 Å². The predicted octanol–water partition coefficient (Wildman–Crippen LogP) is 3.54. The Morgan fingerprint density at radius 3 is 1.88 bits per heavy atom. The smallest absolute Gasteiger partial charge is 0.0649 e. The molecule has 0 aromatic rings. The van der Waals surface area contributed by atoms with E-state index >= 15 is 0 Å². The van der Waals surface area contributed by atoms with Crippen molar-refractivity contribution in [2.75, 3.05) is 59.1 Å². The van der Waals surface area contributed by atoms with Crippen LogP contribution >= 0.6 is 0 Å². The van der Waals surface area contributed by atoms with Crippen LogP contribution in [-0.4, -0.2) is 96.4 Å². The van der Waals surface area contributed by atoms with Crippen LogP contribution in [0.15, 0.2) is 0 Å². The van der Waals surface area contributed by atoms with Gasteiger partial charge in [-0.25, -0.2) is 0 Å². The predicted molar refractivity (Wildman–Crippen MR) is 131 cm³/mol. The number of hydrogen-bond donors (Lipinski definition) is 2. The molecule has 0 aromatic heterocycles. The van der Waals surface area contributed by atoms with Crippen LogP contribution in [0.1, 0.15) is 79.6 Å². The van der Waals surface area contributed by atoms with E-state index < -0.39 is 11.2 Å². The first kappa shape index (κ1) is 28.0. The fraction of sp³-hybridized carbons (Fsp3) is 1.00. The van der Waals surface area contributed by atoms with Gasteiger partial charge in [-0.05, 0) is 118 Å². The van der Waals surface area contributed by atoms with E-state index in [1.807, 2.05) is 20.8 Å².